The van der Waals surface area contributed by atoms with Crippen LogP contribution in [0, 0.1) is 5.92 Å². The van der Waals surface area contributed by atoms with E-state index in [1.165, 1.54) is 39.0 Å². The molecule has 2 aliphatic rings. The molecule has 13 heavy (non-hydrogen) atoms. The van der Waals surface area contributed by atoms with Crippen LogP contribution in [0.5, 0.6) is 0 Å². The molecule has 76 valence electrons. The summed E-state index contributed by atoms with van der Waals surface area (Å²) in [6.07, 6.45) is 2.70. The van der Waals surface area contributed by atoms with E-state index in [0.717, 1.165) is 12.5 Å². The number of nitrogens with two attached hydrogens (primary N) is 1. The molecule has 1 atom stereocenters. The highest BCUT2D eigenvalue weighted by atomic mass is 15.2. The zero-order chi connectivity index (χ0) is 9.26. The van der Waals surface area contributed by atoms with Crippen LogP contribution in [-0.2, 0) is 0 Å². The number of hydrogen-bond acceptors (Lipinski definition) is 3. The van der Waals surface area contributed by atoms with E-state index in [1.807, 2.05) is 0 Å². The predicted molar refractivity (Wildman–Crippen MR) is 54.6 cm³/mol. The molecule has 3 heteroatoms. The van der Waals surface area contributed by atoms with Gasteiger partial charge in [0, 0.05) is 32.2 Å². The second-order valence-electron chi connectivity index (χ2n) is 4.59. The van der Waals surface area contributed by atoms with Gasteiger partial charge in [-0.05, 0) is 32.4 Å². The first-order valence-corrected chi connectivity index (χ1v) is 5.42. The fourth-order valence-corrected chi connectivity index (χ4v) is 2.41. The van der Waals surface area contributed by atoms with E-state index >= 15 is 0 Å². The first-order chi connectivity index (χ1) is 6.29. The smallest absolute Gasteiger partial charge is 0.0230 e. The van der Waals surface area contributed by atoms with Crippen LogP contribution in [0.2, 0.25) is 0 Å². The lowest BCUT2D eigenvalue weighted by atomic mass is 9.95. The Morgan fingerprint density at radius 1 is 1.38 bits per heavy atom. The highest BCUT2D eigenvalue weighted by molar-refractivity contribution is 4.85. The number of likely N-dealkylation sites (tertiary alicyclic amines) is 2. The molecule has 0 bridgehead atoms. The van der Waals surface area contributed by atoms with Gasteiger partial charge >= 0.3 is 0 Å². The first kappa shape index (κ1) is 9.44. The Kier molecular flexibility index (Phi) is 2.86. The van der Waals surface area contributed by atoms with Crippen molar-refractivity contribution < 1.29 is 0 Å². The fraction of sp³-hybridized carbons (Fsp3) is 1.00. The fourth-order valence-electron chi connectivity index (χ4n) is 2.41. The third-order valence-corrected chi connectivity index (χ3v) is 3.50. The standard InChI is InChI=1S/C10H21N3/c1-12-7-9(8-12)2-4-13-5-3-10(13)6-11/h9-10H,2-8,11H2,1H3. The summed E-state index contributed by atoms with van der Waals surface area (Å²) in [5.74, 6) is 0.962. The summed E-state index contributed by atoms with van der Waals surface area (Å²) in [6.45, 7) is 6.03. The predicted octanol–water partition coefficient (Wildman–Crippen LogP) is -0.0289. The number of nitrogens with zero attached hydrogens (tertiary/aromatic N) is 2. The van der Waals surface area contributed by atoms with E-state index < -0.39 is 0 Å². The maximum Gasteiger partial charge on any atom is 0.0230 e. The Morgan fingerprint density at radius 2 is 2.15 bits per heavy atom. The molecular formula is C10H21N3. The van der Waals surface area contributed by atoms with Crippen LogP contribution >= 0.6 is 0 Å². The molecule has 2 rings (SSSR count). The highest BCUT2D eigenvalue weighted by Gasteiger charge is 2.29. The molecule has 0 radical (unpaired) electrons. The minimum atomic E-state index is 0.706. The van der Waals surface area contributed by atoms with E-state index in [9.17, 15) is 0 Å². The Labute approximate surface area is 80.9 Å². The van der Waals surface area contributed by atoms with Crippen molar-refractivity contribution in [2.24, 2.45) is 11.7 Å². The second kappa shape index (κ2) is 3.95. The highest BCUT2D eigenvalue weighted by Crippen LogP contribution is 2.21. The Morgan fingerprint density at radius 3 is 2.62 bits per heavy atom. The van der Waals surface area contributed by atoms with Gasteiger partial charge in [-0.25, -0.2) is 0 Å². The molecule has 0 saturated carbocycles. The van der Waals surface area contributed by atoms with Gasteiger partial charge in [0.15, 0.2) is 0 Å². The zero-order valence-electron chi connectivity index (χ0n) is 8.58. The van der Waals surface area contributed by atoms with Crippen molar-refractivity contribution in [1.82, 2.24) is 9.80 Å². The van der Waals surface area contributed by atoms with Crippen molar-refractivity contribution in [2.75, 3.05) is 39.8 Å². The van der Waals surface area contributed by atoms with Crippen LogP contribution in [0.25, 0.3) is 0 Å². The van der Waals surface area contributed by atoms with Gasteiger partial charge in [-0.2, -0.15) is 0 Å². The minimum Gasteiger partial charge on any atom is -0.329 e. The molecule has 0 aromatic rings. The average molecular weight is 183 g/mol. The van der Waals surface area contributed by atoms with Gasteiger partial charge < -0.3 is 10.6 Å². The summed E-state index contributed by atoms with van der Waals surface area (Å²) >= 11 is 0. The van der Waals surface area contributed by atoms with Gasteiger partial charge in [0.25, 0.3) is 0 Å². The van der Waals surface area contributed by atoms with Crippen LogP contribution in [0.15, 0.2) is 0 Å². The Bertz CT molecular complexity index is 164. The molecule has 1 unspecified atom stereocenters. The number of rotatable bonds is 4. The third kappa shape index (κ3) is 2.03. The van der Waals surface area contributed by atoms with Crippen molar-refractivity contribution >= 4 is 0 Å². The van der Waals surface area contributed by atoms with Gasteiger partial charge in [0.05, 0.1) is 0 Å². The van der Waals surface area contributed by atoms with Crippen LogP contribution < -0.4 is 5.73 Å². The van der Waals surface area contributed by atoms with Gasteiger partial charge in [-0.1, -0.05) is 0 Å². The van der Waals surface area contributed by atoms with E-state index in [4.69, 9.17) is 5.73 Å². The van der Waals surface area contributed by atoms with Crippen LogP contribution in [0.4, 0.5) is 0 Å². The van der Waals surface area contributed by atoms with Crippen molar-refractivity contribution in [3.8, 4) is 0 Å². The Balaban J connectivity index is 1.58. The molecule has 2 aliphatic heterocycles. The molecule has 2 saturated heterocycles. The quantitative estimate of drug-likeness (QED) is 0.664. The molecule has 0 aromatic heterocycles. The van der Waals surface area contributed by atoms with E-state index in [2.05, 4.69) is 16.8 Å². The molecule has 2 N–H and O–H groups in total. The van der Waals surface area contributed by atoms with E-state index in [-0.39, 0.29) is 0 Å². The largest absolute Gasteiger partial charge is 0.329 e. The van der Waals surface area contributed by atoms with Crippen molar-refractivity contribution in [3.63, 3.8) is 0 Å². The van der Waals surface area contributed by atoms with Gasteiger partial charge in [-0.15, -0.1) is 0 Å². The summed E-state index contributed by atoms with van der Waals surface area (Å²) in [6, 6.07) is 0.706. The van der Waals surface area contributed by atoms with Gasteiger partial charge in [0.1, 0.15) is 0 Å². The van der Waals surface area contributed by atoms with E-state index in [1.54, 1.807) is 0 Å². The summed E-state index contributed by atoms with van der Waals surface area (Å²) in [4.78, 5) is 4.93. The first-order valence-electron chi connectivity index (χ1n) is 5.42. The second-order valence-corrected chi connectivity index (χ2v) is 4.59. The van der Waals surface area contributed by atoms with Gasteiger partial charge in [0.2, 0.25) is 0 Å². The average Bonchev–Trinajstić information content (AvgIpc) is 2.00. The minimum absolute atomic E-state index is 0.706. The van der Waals surface area contributed by atoms with Crippen molar-refractivity contribution in [1.29, 1.82) is 0 Å². The summed E-state index contributed by atoms with van der Waals surface area (Å²) < 4.78 is 0. The molecule has 3 nitrogen and oxygen atoms in total. The molecule has 2 heterocycles. The summed E-state index contributed by atoms with van der Waals surface area (Å²) in [5.41, 5.74) is 5.65. The molecule has 0 aliphatic carbocycles. The molecular weight excluding hydrogens is 162 g/mol. The maximum absolute atomic E-state index is 5.65. The SMILES string of the molecule is CN1CC(CCN2CCC2CN)C1. The molecule has 0 amide bonds. The molecule has 0 spiro atoms. The zero-order valence-corrected chi connectivity index (χ0v) is 8.58. The van der Waals surface area contributed by atoms with Crippen LogP contribution in [-0.4, -0.2) is 55.6 Å². The normalized spacial score (nSPS) is 31.4. The summed E-state index contributed by atoms with van der Waals surface area (Å²) in [7, 11) is 2.20. The Hall–Kier alpha value is -0.120. The molecule has 2 fully saturated rings. The summed E-state index contributed by atoms with van der Waals surface area (Å²) in [5, 5.41) is 0. The lowest BCUT2D eigenvalue weighted by molar-refractivity contribution is 0.0623. The van der Waals surface area contributed by atoms with Crippen molar-refractivity contribution in [3.05, 3.63) is 0 Å². The van der Waals surface area contributed by atoms with E-state index in [0.29, 0.717) is 6.04 Å². The number of hydrogen-bond donors (Lipinski definition) is 1. The maximum atomic E-state index is 5.65. The third-order valence-electron chi connectivity index (χ3n) is 3.50. The van der Waals surface area contributed by atoms with Gasteiger partial charge in [-0.3, -0.25) is 4.90 Å². The lowest BCUT2D eigenvalue weighted by Crippen LogP contribution is -2.53. The van der Waals surface area contributed by atoms with Crippen LogP contribution in [0.1, 0.15) is 12.8 Å². The van der Waals surface area contributed by atoms with Crippen LogP contribution in [0.3, 0.4) is 0 Å². The molecule has 0 aromatic carbocycles. The monoisotopic (exact) mass is 183 g/mol. The van der Waals surface area contributed by atoms with Crippen molar-refractivity contribution in [2.45, 2.75) is 18.9 Å². The topological polar surface area (TPSA) is 32.5 Å². The lowest BCUT2D eigenvalue weighted by Gasteiger charge is -2.43.